The molecule has 36 heteroatoms. The van der Waals surface area contributed by atoms with Gasteiger partial charge in [0, 0.05) is 40.4 Å². The predicted octanol–water partition coefficient (Wildman–Crippen LogP) is -6.50. The van der Waals surface area contributed by atoms with Gasteiger partial charge in [-0.1, -0.05) is 64.4 Å². The van der Waals surface area contributed by atoms with Crippen LogP contribution in [0, 0.1) is 0 Å². The molecular weight excluding hydrogens is 1320 g/mol. The molecule has 7 rings (SSSR count). The highest BCUT2D eigenvalue weighted by Gasteiger charge is 2.58. The Balaban J connectivity index is 1.07. The second-order valence-corrected chi connectivity index (χ2v) is 25.6. The quantitative estimate of drug-likeness (QED) is 0.0291. The Hall–Kier alpha value is -4.63. The molecule has 0 aromatic heterocycles. The van der Waals surface area contributed by atoms with Crippen molar-refractivity contribution < 1.29 is 152 Å². The number of hydrogen-bond acceptors (Lipinski definition) is 31. The van der Waals surface area contributed by atoms with Gasteiger partial charge in [-0.25, -0.2) is 0 Å². The molecule has 6 aliphatic rings. The topological polar surface area (TPSA) is 528 Å². The number of methoxy groups -OCH3 is 1. The van der Waals surface area contributed by atoms with Crippen LogP contribution < -0.4 is 31.3 Å². The van der Waals surface area contributed by atoms with Crippen LogP contribution in [0.3, 0.4) is 0 Å². The number of carbonyl (C=O) groups excluding carboxylic acids is 5. The van der Waals surface area contributed by atoms with E-state index in [4.69, 9.17) is 61.6 Å². The lowest BCUT2D eigenvalue weighted by Crippen LogP contribution is -2.72. The largest absolute Gasteiger partial charge is 0.494 e. The van der Waals surface area contributed by atoms with Crippen LogP contribution in [0.1, 0.15) is 110 Å². The van der Waals surface area contributed by atoms with E-state index in [1.807, 2.05) is 0 Å². The van der Waals surface area contributed by atoms with Gasteiger partial charge in [0.05, 0.1) is 45.7 Å². The van der Waals surface area contributed by atoms with Crippen molar-refractivity contribution in [3.05, 3.63) is 29.8 Å². The third-order valence-corrected chi connectivity index (χ3v) is 18.2. The van der Waals surface area contributed by atoms with Crippen molar-refractivity contribution in [1.29, 1.82) is 0 Å². The molecule has 0 radical (unpaired) electrons. The van der Waals surface area contributed by atoms with E-state index < -0.39 is 246 Å². The van der Waals surface area contributed by atoms with E-state index in [2.05, 4.69) is 33.5 Å². The molecule has 6 aliphatic heterocycles. The van der Waals surface area contributed by atoms with Crippen molar-refractivity contribution in [2.24, 2.45) is 0 Å². The van der Waals surface area contributed by atoms with Gasteiger partial charge >= 0.3 is 0 Å². The van der Waals surface area contributed by atoms with E-state index >= 15 is 0 Å². The molecular formula is C63H103N5O31. The second kappa shape index (κ2) is 38.8. The fraction of sp³-hybridized carbons (Fsp3) is 0.825. The minimum atomic E-state index is -2.06. The zero-order valence-electron chi connectivity index (χ0n) is 56.4. The molecule has 1 aromatic carbocycles. The van der Waals surface area contributed by atoms with E-state index in [1.165, 1.54) is 58.3 Å². The summed E-state index contributed by atoms with van der Waals surface area (Å²) >= 11 is 0. The second-order valence-electron chi connectivity index (χ2n) is 25.6. The monoisotopic (exact) mass is 1430 g/mol. The van der Waals surface area contributed by atoms with Crippen molar-refractivity contribution in [2.45, 2.75) is 283 Å². The first-order valence-corrected chi connectivity index (χ1v) is 33.6. The Morgan fingerprint density at radius 3 is 1.27 bits per heavy atom. The maximum atomic E-state index is 14.0. The molecule has 0 spiro atoms. The van der Waals surface area contributed by atoms with Gasteiger partial charge in [-0.05, 0) is 31.5 Å². The van der Waals surface area contributed by atoms with E-state index in [1.54, 1.807) is 12.1 Å². The number of rotatable bonds is 33. The molecule has 0 saturated carbocycles. The van der Waals surface area contributed by atoms with Crippen LogP contribution >= 0.6 is 0 Å². The molecule has 99 heavy (non-hydrogen) atoms. The summed E-state index contributed by atoms with van der Waals surface area (Å²) in [5, 5.41) is 159. The lowest BCUT2D eigenvalue weighted by atomic mass is 9.93. The highest BCUT2D eigenvalue weighted by atomic mass is 16.8. The molecule has 18 N–H and O–H groups in total. The highest BCUT2D eigenvalue weighted by Crippen LogP contribution is 2.37. The number of benzene rings is 1. The summed E-state index contributed by atoms with van der Waals surface area (Å²) in [7, 11) is 1.21. The van der Waals surface area contributed by atoms with Gasteiger partial charge in [-0.2, -0.15) is 0 Å². The van der Waals surface area contributed by atoms with E-state index in [0.29, 0.717) is 12.4 Å². The Morgan fingerprint density at radius 2 is 0.838 bits per heavy atom. The first kappa shape index (κ1) is 81.7. The average Bonchev–Trinajstić information content (AvgIpc) is 0.791. The molecule has 5 amide bonds. The van der Waals surface area contributed by atoms with Gasteiger partial charge in [0.15, 0.2) is 37.7 Å². The van der Waals surface area contributed by atoms with Crippen molar-refractivity contribution in [3.8, 4) is 5.75 Å². The van der Waals surface area contributed by atoms with Gasteiger partial charge in [0.2, 0.25) is 23.6 Å². The van der Waals surface area contributed by atoms with Crippen LogP contribution in [-0.4, -0.2) is 327 Å². The molecule has 6 fully saturated rings. The van der Waals surface area contributed by atoms with Crippen LogP contribution in [0.4, 0.5) is 0 Å². The number of carbonyl (C=O) groups is 5. The first-order chi connectivity index (χ1) is 47.2. The molecule has 36 nitrogen and oxygen atoms in total. The average molecular weight is 1430 g/mol. The summed E-state index contributed by atoms with van der Waals surface area (Å²) in [6.07, 6.45) is -33.4. The van der Waals surface area contributed by atoms with Gasteiger partial charge in [0.25, 0.3) is 5.91 Å². The fourth-order valence-electron chi connectivity index (χ4n) is 13.0. The fourth-order valence-corrected chi connectivity index (χ4v) is 13.0. The van der Waals surface area contributed by atoms with Gasteiger partial charge in [0.1, 0.15) is 146 Å². The summed E-state index contributed by atoms with van der Waals surface area (Å²) in [6, 6.07) is -2.38. The lowest BCUT2D eigenvalue weighted by molar-refractivity contribution is -0.368. The highest BCUT2D eigenvalue weighted by molar-refractivity contribution is 5.94. The number of aliphatic hydroxyl groups excluding tert-OH is 13. The lowest BCUT2D eigenvalue weighted by Gasteiger charge is -2.51. The summed E-state index contributed by atoms with van der Waals surface area (Å²) in [5.41, 5.74) is 0.0622. The Morgan fingerprint density at radius 1 is 0.434 bits per heavy atom. The molecule has 566 valence electrons. The zero-order chi connectivity index (χ0) is 72.5. The Kier molecular flexibility index (Phi) is 32.0. The maximum Gasteiger partial charge on any atom is 0.251 e. The molecule has 15 unspecified atom stereocenters. The molecule has 30 atom stereocenters. The van der Waals surface area contributed by atoms with Crippen molar-refractivity contribution in [2.75, 3.05) is 46.8 Å². The number of unbranched alkanes of at least 4 members (excludes halogenated alkanes) is 8. The predicted molar refractivity (Wildman–Crippen MR) is 333 cm³/mol. The van der Waals surface area contributed by atoms with Crippen LogP contribution in [-0.2, 0) is 76.0 Å². The summed E-state index contributed by atoms with van der Waals surface area (Å²) in [4.78, 5) is 65.1. The SMILES string of the molecule is CCCCCCCCCCCOc1cccc(C(=O)N[C@@H]2C(O[C@@H]3C(CO)O[C@@H](OC4C(CO)O[C@@H](O[C@@H]5C(CO)OC(OC6C(CO[C@@H]7OC(C)[C@@H](O)[C@@H](O)C7OC)O[C@@H](O)[C@@H](NC(C)=O)[C@H]6O)C(NC(C)=O)C5O)[C@@H](NC(C)=O)[C@H]4O)C(NC(C)=O)C3O)OC(CO)[C@@H](O)[C@@H]2O)c1. The van der Waals surface area contributed by atoms with Crippen LogP contribution in [0.5, 0.6) is 5.75 Å². The summed E-state index contributed by atoms with van der Waals surface area (Å²) in [6.45, 7) is 3.61. The number of ether oxygens (including phenoxy) is 13. The van der Waals surface area contributed by atoms with Crippen molar-refractivity contribution in [3.63, 3.8) is 0 Å². The minimum Gasteiger partial charge on any atom is -0.494 e. The first-order valence-electron chi connectivity index (χ1n) is 33.6. The van der Waals surface area contributed by atoms with Crippen LogP contribution in [0.25, 0.3) is 0 Å². The van der Waals surface area contributed by atoms with E-state index in [9.17, 15) is 90.4 Å². The zero-order valence-corrected chi connectivity index (χ0v) is 56.4. The molecule has 0 aliphatic carbocycles. The number of amides is 5. The molecule has 6 saturated heterocycles. The number of hydrogen-bond donors (Lipinski definition) is 18. The number of aliphatic hydroxyl groups is 13. The Bertz CT molecular complexity index is 2680. The third kappa shape index (κ3) is 21.1. The molecule has 0 bridgehead atoms. The molecule has 6 heterocycles. The number of nitrogens with one attached hydrogen (secondary N) is 5. The standard InChI is InChI=1S/C63H103N5O31/c1-8-9-10-11-12-13-14-15-16-20-88-33-19-17-18-32(21-33)57(85)68-40-46(79)45(78)34(22-69)92-59(40)96-52-35(23-70)93-60(41(48(52)81)65-29(4)74)97-53-36(24-71)94-61(42(49(53)82)66-30(5)75)98-54-37(25-72)95-62(43(50(54)83)67-31(6)76)99-55-38(91-58(86)39(47(55)80)64-28(3)73)26-89-63-56(87-7)51(84)44(77)27(2)90-63/h17-19,21,27,34-56,58-63,69-72,77-84,86H,8-16,20,22-26H2,1-7H3,(H,64,73)(H,65,74)(H,66,75)(H,67,76)(H,68,85)/t27?,34?,35?,36?,37?,38?,39-,40-,41?,42-,43?,44+,45+,46+,47+,48?,49+,50?,51+,52+,53?,54+,55?,56?,58+,59?,60-,61-,62?,63+/m0/s1. The van der Waals surface area contributed by atoms with Crippen LogP contribution in [0.15, 0.2) is 24.3 Å². The maximum absolute atomic E-state index is 14.0. The van der Waals surface area contributed by atoms with Crippen molar-refractivity contribution >= 4 is 29.5 Å². The van der Waals surface area contributed by atoms with Crippen molar-refractivity contribution in [1.82, 2.24) is 26.6 Å². The van der Waals surface area contributed by atoms with Gasteiger partial charge in [-0.15, -0.1) is 0 Å². The van der Waals surface area contributed by atoms with Gasteiger partial charge < -0.3 is 155 Å². The van der Waals surface area contributed by atoms with Gasteiger partial charge in [-0.3, -0.25) is 24.0 Å². The van der Waals surface area contributed by atoms with E-state index in [-0.39, 0.29) is 5.56 Å². The third-order valence-electron chi connectivity index (χ3n) is 18.2. The smallest absolute Gasteiger partial charge is 0.251 e. The summed E-state index contributed by atoms with van der Waals surface area (Å²) in [5.74, 6) is -3.63. The normalized spacial score (nSPS) is 39.5. The Labute approximate surface area is 572 Å². The van der Waals surface area contributed by atoms with E-state index in [0.717, 1.165) is 53.4 Å². The minimum absolute atomic E-state index is 0.0622. The summed E-state index contributed by atoms with van der Waals surface area (Å²) < 4.78 is 78.0. The molecule has 1 aromatic rings. The van der Waals surface area contributed by atoms with Crippen LogP contribution in [0.2, 0.25) is 0 Å².